The number of aliphatic carboxylic acids is 1. The van der Waals surface area contributed by atoms with Gasteiger partial charge in [-0.05, 0) is 30.7 Å². The molecule has 0 bridgehead atoms. The van der Waals surface area contributed by atoms with Crippen molar-refractivity contribution in [2.75, 3.05) is 0 Å². The number of carbonyl (C=O) groups is 1. The quantitative estimate of drug-likeness (QED) is 0.800. The summed E-state index contributed by atoms with van der Waals surface area (Å²) in [6.07, 6.45) is 1.54. The van der Waals surface area contributed by atoms with E-state index >= 15 is 0 Å². The van der Waals surface area contributed by atoms with Crippen LogP contribution in [0.2, 0.25) is 0 Å². The lowest BCUT2D eigenvalue weighted by Gasteiger charge is -1.97. The molecule has 2 rings (SSSR count). The Morgan fingerprint density at radius 1 is 1.47 bits per heavy atom. The summed E-state index contributed by atoms with van der Waals surface area (Å²) in [5.41, 5.74) is 2.08. The molecule has 0 saturated heterocycles. The lowest BCUT2D eigenvalue weighted by molar-refractivity contribution is -0.132. The zero-order chi connectivity index (χ0) is 12.6. The van der Waals surface area contributed by atoms with Crippen LogP contribution in [-0.2, 0) is 11.8 Å². The van der Waals surface area contributed by atoms with Crippen molar-refractivity contribution in [2.24, 2.45) is 7.05 Å². The van der Waals surface area contributed by atoms with Crippen molar-refractivity contribution in [3.8, 4) is 0 Å². The van der Waals surface area contributed by atoms with Crippen LogP contribution in [-0.4, -0.2) is 15.6 Å². The third-order valence-corrected chi connectivity index (χ3v) is 2.54. The van der Waals surface area contributed by atoms with Crippen molar-refractivity contribution in [3.63, 3.8) is 0 Å². The van der Waals surface area contributed by atoms with Crippen LogP contribution in [0.15, 0.2) is 33.0 Å². The predicted molar refractivity (Wildman–Crippen MR) is 62.7 cm³/mol. The van der Waals surface area contributed by atoms with E-state index in [1.165, 1.54) is 11.5 Å². The van der Waals surface area contributed by atoms with Crippen molar-refractivity contribution < 1.29 is 14.3 Å². The normalized spacial score (nSPS) is 12.0. The highest BCUT2D eigenvalue weighted by atomic mass is 16.4. The number of fused-ring (bicyclic) bond motifs is 1. The van der Waals surface area contributed by atoms with E-state index in [0.29, 0.717) is 16.7 Å². The molecule has 0 aliphatic carbocycles. The van der Waals surface area contributed by atoms with E-state index in [1.807, 2.05) is 0 Å². The predicted octanol–water partition coefficient (Wildman–Crippen LogP) is 1.62. The first kappa shape index (κ1) is 11.2. The Morgan fingerprint density at radius 2 is 2.18 bits per heavy atom. The molecule has 1 N–H and O–H groups in total. The minimum Gasteiger partial charge on any atom is -0.478 e. The van der Waals surface area contributed by atoms with Gasteiger partial charge in [0, 0.05) is 12.6 Å². The molecule has 0 amide bonds. The zero-order valence-electron chi connectivity index (χ0n) is 9.43. The van der Waals surface area contributed by atoms with Crippen LogP contribution < -0.4 is 5.76 Å². The molecule has 0 spiro atoms. The van der Waals surface area contributed by atoms with Crippen LogP contribution in [0.5, 0.6) is 0 Å². The van der Waals surface area contributed by atoms with E-state index < -0.39 is 11.7 Å². The number of aryl methyl sites for hydroxylation is 1. The Balaban J connectivity index is 2.59. The Kier molecular flexibility index (Phi) is 2.59. The molecule has 5 heteroatoms. The summed E-state index contributed by atoms with van der Waals surface area (Å²) in [5, 5.41) is 8.77. The summed E-state index contributed by atoms with van der Waals surface area (Å²) >= 11 is 0. The second-order valence-electron chi connectivity index (χ2n) is 3.79. The lowest BCUT2D eigenvalue weighted by atomic mass is 10.1. The van der Waals surface area contributed by atoms with Gasteiger partial charge >= 0.3 is 11.7 Å². The Morgan fingerprint density at radius 3 is 2.82 bits per heavy atom. The summed E-state index contributed by atoms with van der Waals surface area (Å²) in [6.45, 7) is 1.51. The maximum absolute atomic E-state index is 11.3. The molecule has 2 aromatic rings. The molecule has 0 atom stereocenters. The molecule has 5 nitrogen and oxygen atoms in total. The fourth-order valence-electron chi connectivity index (χ4n) is 1.55. The topological polar surface area (TPSA) is 72.4 Å². The molecule has 1 aromatic heterocycles. The maximum atomic E-state index is 11.3. The van der Waals surface area contributed by atoms with E-state index in [2.05, 4.69) is 0 Å². The number of hydrogen-bond donors (Lipinski definition) is 1. The van der Waals surface area contributed by atoms with E-state index in [0.717, 1.165) is 0 Å². The van der Waals surface area contributed by atoms with Crippen molar-refractivity contribution >= 4 is 23.1 Å². The van der Waals surface area contributed by atoms with E-state index in [-0.39, 0.29) is 5.57 Å². The Hall–Kier alpha value is -2.30. The van der Waals surface area contributed by atoms with Gasteiger partial charge in [0.1, 0.15) is 0 Å². The van der Waals surface area contributed by atoms with Crippen molar-refractivity contribution in [2.45, 2.75) is 6.92 Å². The number of oxazole rings is 1. The molecular weight excluding hydrogens is 222 g/mol. The number of rotatable bonds is 2. The Bertz CT molecular complexity index is 675. The highest BCUT2D eigenvalue weighted by Gasteiger charge is 2.06. The summed E-state index contributed by atoms with van der Waals surface area (Å²) in [4.78, 5) is 22.0. The lowest BCUT2D eigenvalue weighted by Crippen LogP contribution is -2.08. The van der Waals surface area contributed by atoms with Gasteiger partial charge < -0.3 is 9.52 Å². The number of nitrogens with zero attached hydrogens (tertiary/aromatic N) is 1. The fourth-order valence-corrected chi connectivity index (χ4v) is 1.55. The SMILES string of the molecule is C/C(=C\c1ccc2oc(=O)n(C)c2c1)C(=O)O. The van der Waals surface area contributed by atoms with Gasteiger partial charge in [-0.25, -0.2) is 9.59 Å². The van der Waals surface area contributed by atoms with Gasteiger partial charge in [-0.15, -0.1) is 0 Å². The molecule has 0 aliphatic heterocycles. The fraction of sp³-hybridized carbons (Fsp3) is 0.167. The first-order valence-electron chi connectivity index (χ1n) is 5.00. The molecule has 1 aromatic carbocycles. The zero-order valence-corrected chi connectivity index (χ0v) is 9.43. The number of carboxylic acid groups (broad SMARTS) is 1. The van der Waals surface area contributed by atoms with E-state index in [4.69, 9.17) is 9.52 Å². The maximum Gasteiger partial charge on any atom is 0.419 e. The summed E-state index contributed by atoms with van der Waals surface area (Å²) in [7, 11) is 1.60. The molecule has 0 fully saturated rings. The number of aromatic nitrogens is 1. The first-order chi connectivity index (χ1) is 7.99. The van der Waals surface area contributed by atoms with Crippen LogP contribution in [0, 0.1) is 0 Å². The van der Waals surface area contributed by atoms with Gasteiger partial charge in [-0.3, -0.25) is 4.57 Å². The van der Waals surface area contributed by atoms with Crippen LogP contribution >= 0.6 is 0 Å². The first-order valence-corrected chi connectivity index (χ1v) is 5.00. The molecule has 0 unspecified atom stereocenters. The van der Waals surface area contributed by atoms with Crippen molar-refractivity contribution in [1.82, 2.24) is 4.57 Å². The summed E-state index contributed by atoms with van der Waals surface area (Å²) < 4.78 is 6.35. The largest absolute Gasteiger partial charge is 0.478 e. The monoisotopic (exact) mass is 233 g/mol. The van der Waals surface area contributed by atoms with E-state index in [9.17, 15) is 9.59 Å². The highest BCUT2D eigenvalue weighted by Crippen LogP contribution is 2.16. The highest BCUT2D eigenvalue weighted by molar-refractivity contribution is 5.92. The molecule has 0 aliphatic rings. The van der Waals surface area contributed by atoms with Crippen molar-refractivity contribution in [3.05, 3.63) is 39.9 Å². The molecular formula is C12H11NO4. The van der Waals surface area contributed by atoms with Crippen LogP contribution in [0.4, 0.5) is 0 Å². The van der Waals surface area contributed by atoms with Crippen molar-refractivity contribution in [1.29, 1.82) is 0 Å². The Labute approximate surface area is 96.6 Å². The average molecular weight is 233 g/mol. The third-order valence-electron chi connectivity index (χ3n) is 2.54. The van der Waals surface area contributed by atoms with Gasteiger partial charge in [-0.1, -0.05) is 6.07 Å². The minimum atomic E-state index is -0.967. The standard InChI is InChI=1S/C12H11NO4/c1-7(11(14)15)5-8-3-4-10-9(6-8)13(2)12(16)17-10/h3-6H,1-2H3,(H,14,15)/b7-5+. The van der Waals surface area contributed by atoms with E-state index in [1.54, 1.807) is 31.3 Å². The number of benzene rings is 1. The minimum absolute atomic E-state index is 0.234. The second-order valence-corrected chi connectivity index (χ2v) is 3.79. The summed E-state index contributed by atoms with van der Waals surface area (Å²) in [5.74, 6) is -1.40. The molecule has 17 heavy (non-hydrogen) atoms. The van der Waals surface area contributed by atoms with Gasteiger partial charge in [-0.2, -0.15) is 0 Å². The summed E-state index contributed by atoms with van der Waals surface area (Å²) in [6, 6.07) is 5.07. The van der Waals surface area contributed by atoms with Gasteiger partial charge in [0.05, 0.1) is 5.52 Å². The average Bonchev–Trinajstić information content (AvgIpc) is 2.55. The number of carboxylic acids is 1. The van der Waals surface area contributed by atoms with Gasteiger partial charge in [0.25, 0.3) is 0 Å². The molecule has 0 radical (unpaired) electrons. The van der Waals surface area contributed by atoms with Crippen LogP contribution in [0.25, 0.3) is 17.2 Å². The molecule has 88 valence electrons. The second kappa shape index (κ2) is 3.93. The van der Waals surface area contributed by atoms with Gasteiger partial charge in [0.2, 0.25) is 0 Å². The van der Waals surface area contributed by atoms with Gasteiger partial charge in [0.15, 0.2) is 5.58 Å². The van der Waals surface area contributed by atoms with Crippen LogP contribution in [0.1, 0.15) is 12.5 Å². The third kappa shape index (κ3) is 1.99. The van der Waals surface area contributed by atoms with Crippen LogP contribution in [0.3, 0.4) is 0 Å². The number of hydrogen-bond acceptors (Lipinski definition) is 3. The molecule has 1 heterocycles. The smallest absolute Gasteiger partial charge is 0.419 e. The molecule has 0 saturated carbocycles.